The van der Waals surface area contributed by atoms with Gasteiger partial charge in [0.05, 0.1) is 15.9 Å². The number of hydrogen-bond donors (Lipinski definition) is 1. The van der Waals surface area contributed by atoms with E-state index in [-0.39, 0.29) is 17.7 Å². The fourth-order valence-electron chi connectivity index (χ4n) is 4.41. The number of carbonyl (C=O) groups is 2. The van der Waals surface area contributed by atoms with Crippen LogP contribution >= 0.6 is 11.3 Å². The Hall–Kier alpha value is -3.19. The van der Waals surface area contributed by atoms with Gasteiger partial charge in [-0.15, -0.1) is 0 Å². The number of hydrogen-bond acceptors (Lipinski definition) is 4. The van der Waals surface area contributed by atoms with Gasteiger partial charge in [-0.25, -0.2) is 4.98 Å². The molecule has 6 nitrogen and oxygen atoms in total. The molecule has 0 atom stereocenters. The largest absolute Gasteiger partial charge is 0.369 e. The van der Waals surface area contributed by atoms with Crippen LogP contribution in [0.3, 0.4) is 0 Å². The van der Waals surface area contributed by atoms with Crippen molar-refractivity contribution in [3.05, 3.63) is 59.3 Å². The third-order valence-corrected chi connectivity index (χ3v) is 7.20. The molecule has 4 aromatic rings. The van der Waals surface area contributed by atoms with Crippen LogP contribution in [-0.4, -0.2) is 39.2 Å². The molecule has 5 rings (SSSR count). The maximum Gasteiger partial charge on any atom is 0.253 e. The highest BCUT2D eigenvalue weighted by molar-refractivity contribution is 7.23. The summed E-state index contributed by atoms with van der Waals surface area (Å²) in [5.74, 6) is -0.384. The molecule has 1 aliphatic heterocycles. The summed E-state index contributed by atoms with van der Waals surface area (Å²) in [6.07, 6.45) is 3.34. The lowest BCUT2D eigenvalue weighted by atomic mass is 9.96. The number of nitrogens with two attached hydrogens (primary N) is 1. The fraction of sp³-hybridized carbons (Fsp3) is 0.292. The maximum absolute atomic E-state index is 13.0. The third kappa shape index (κ3) is 3.49. The second-order valence-corrected chi connectivity index (χ2v) is 9.36. The van der Waals surface area contributed by atoms with Crippen molar-refractivity contribution in [2.75, 3.05) is 13.1 Å². The van der Waals surface area contributed by atoms with Gasteiger partial charge in [-0.05, 0) is 50.5 Å². The average molecular weight is 433 g/mol. The van der Waals surface area contributed by atoms with Crippen LogP contribution in [0.5, 0.6) is 0 Å². The Morgan fingerprint density at radius 2 is 1.87 bits per heavy atom. The van der Waals surface area contributed by atoms with Crippen molar-refractivity contribution in [1.29, 1.82) is 0 Å². The number of rotatable bonds is 3. The zero-order valence-corrected chi connectivity index (χ0v) is 18.4. The van der Waals surface area contributed by atoms with E-state index in [9.17, 15) is 9.59 Å². The first-order valence-corrected chi connectivity index (χ1v) is 11.3. The van der Waals surface area contributed by atoms with E-state index in [4.69, 9.17) is 10.7 Å². The number of piperidine rings is 1. The molecule has 31 heavy (non-hydrogen) atoms. The van der Waals surface area contributed by atoms with E-state index in [1.807, 2.05) is 23.1 Å². The number of benzene rings is 2. The monoisotopic (exact) mass is 432 g/mol. The molecule has 3 heterocycles. The zero-order valence-electron chi connectivity index (χ0n) is 17.6. The van der Waals surface area contributed by atoms with E-state index < -0.39 is 0 Å². The number of carbonyl (C=O) groups excluding carboxylic acids is 2. The topological polar surface area (TPSA) is 80.7 Å². The number of nitrogens with zero attached hydrogens (tertiary/aromatic N) is 3. The summed E-state index contributed by atoms with van der Waals surface area (Å²) < 4.78 is 3.13. The lowest BCUT2D eigenvalue weighted by molar-refractivity contribution is -0.123. The molecule has 1 aliphatic rings. The molecule has 2 aromatic carbocycles. The van der Waals surface area contributed by atoms with Crippen LogP contribution in [0.4, 0.5) is 0 Å². The smallest absolute Gasteiger partial charge is 0.253 e. The Morgan fingerprint density at radius 3 is 2.58 bits per heavy atom. The van der Waals surface area contributed by atoms with Crippen molar-refractivity contribution < 1.29 is 9.59 Å². The summed E-state index contributed by atoms with van der Waals surface area (Å²) in [5.41, 5.74) is 11.7. The number of likely N-dealkylation sites (tertiary alicyclic amines) is 1. The molecule has 0 spiro atoms. The Morgan fingerprint density at radius 1 is 1.10 bits per heavy atom. The summed E-state index contributed by atoms with van der Waals surface area (Å²) in [5, 5.41) is 0. The summed E-state index contributed by atoms with van der Waals surface area (Å²) in [4.78, 5) is 31.9. The number of aromatic nitrogens is 2. The zero-order chi connectivity index (χ0) is 21.7. The minimum Gasteiger partial charge on any atom is -0.369 e. The van der Waals surface area contributed by atoms with Gasteiger partial charge in [0.2, 0.25) is 5.91 Å². The second kappa shape index (κ2) is 7.50. The van der Waals surface area contributed by atoms with E-state index in [0.29, 0.717) is 31.5 Å². The van der Waals surface area contributed by atoms with Gasteiger partial charge in [0, 0.05) is 36.3 Å². The van der Waals surface area contributed by atoms with Crippen molar-refractivity contribution in [2.24, 2.45) is 11.7 Å². The molecule has 0 aliphatic carbocycles. The van der Waals surface area contributed by atoms with E-state index in [1.54, 1.807) is 11.3 Å². The van der Waals surface area contributed by atoms with Gasteiger partial charge < -0.3 is 10.6 Å². The van der Waals surface area contributed by atoms with Crippen LogP contribution in [0.15, 0.2) is 42.6 Å². The van der Waals surface area contributed by atoms with Crippen molar-refractivity contribution in [2.45, 2.75) is 26.7 Å². The lowest BCUT2D eigenvalue weighted by Gasteiger charge is -2.30. The van der Waals surface area contributed by atoms with Gasteiger partial charge in [0.1, 0.15) is 0 Å². The maximum atomic E-state index is 13.0. The van der Waals surface area contributed by atoms with E-state index in [2.05, 4.69) is 42.6 Å². The van der Waals surface area contributed by atoms with Gasteiger partial charge in [-0.3, -0.25) is 14.0 Å². The van der Waals surface area contributed by atoms with Crippen molar-refractivity contribution >= 4 is 38.3 Å². The number of primary amides is 1. The second-order valence-electron chi connectivity index (χ2n) is 8.35. The lowest BCUT2D eigenvalue weighted by Crippen LogP contribution is -2.41. The molecule has 158 valence electrons. The van der Waals surface area contributed by atoms with Crippen molar-refractivity contribution in [3.63, 3.8) is 0 Å². The van der Waals surface area contributed by atoms with Gasteiger partial charge in [0.25, 0.3) is 5.91 Å². The number of fused-ring (bicyclic) bond motifs is 3. The molecular formula is C24H24N4O2S. The Bertz CT molecular complexity index is 1330. The van der Waals surface area contributed by atoms with Gasteiger partial charge in [-0.1, -0.05) is 35.1 Å². The van der Waals surface area contributed by atoms with Gasteiger partial charge in [-0.2, -0.15) is 0 Å². The number of amides is 2. The molecule has 1 saturated heterocycles. The SMILES string of the molecule is Cc1ccc(-c2cn3c(n2)sc2cc(C(=O)N4CCC(C(N)=O)CC4)ccc23)c(C)c1. The third-order valence-electron chi connectivity index (χ3n) is 6.18. The minimum absolute atomic E-state index is 0.00632. The van der Waals surface area contributed by atoms with Gasteiger partial charge >= 0.3 is 0 Å². The van der Waals surface area contributed by atoms with Crippen LogP contribution in [0, 0.1) is 19.8 Å². The Balaban J connectivity index is 1.43. The first-order chi connectivity index (χ1) is 14.9. The highest BCUT2D eigenvalue weighted by Gasteiger charge is 2.26. The van der Waals surface area contributed by atoms with Crippen LogP contribution in [0.25, 0.3) is 26.4 Å². The summed E-state index contributed by atoms with van der Waals surface area (Å²) in [7, 11) is 0. The minimum atomic E-state index is -0.268. The molecule has 7 heteroatoms. The highest BCUT2D eigenvalue weighted by Crippen LogP contribution is 2.32. The van der Waals surface area contributed by atoms with Gasteiger partial charge in [0.15, 0.2) is 4.96 Å². The number of imidazole rings is 1. The first-order valence-electron chi connectivity index (χ1n) is 10.5. The molecule has 2 aromatic heterocycles. The summed E-state index contributed by atoms with van der Waals surface area (Å²) >= 11 is 1.59. The fourth-order valence-corrected chi connectivity index (χ4v) is 5.46. The summed E-state index contributed by atoms with van der Waals surface area (Å²) in [6, 6.07) is 12.2. The number of thiazole rings is 1. The predicted octanol–water partition coefficient (Wildman–Crippen LogP) is 4.17. The molecular weight excluding hydrogens is 408 g/mol. The van der Waals surface area contributed by atoms with Crippen LogP contribution in [-0.2, 0) is 4.79 Å². The quantitative estimate of drug-likeness (QED) is 0.528. The molecule has 0 bridgehead atoms. The van der Waals surface area contributed by atoms with E-state index in [0.717, 1.165) is 26.4 Å². The predicted molar refractivity (Wildman–Crippen MR) is 123 cm³/mol. The molecule has 2 amide bonds. The standard InChI is InChI=1S/C24H24N4O2S/c1-14-3-5-18(15(2)11-14)19-13-28-20-6-4-17(12-21(20)31-24(28)26-19)23(30)27-9-7-16(8-10-27)22(25)29/h3-6,11-13,16H,7-10H2,1-2H3,(H2,25,29). The number of aryl methyl sites for hydroxylation is 2. The van der Waals surface area contributed by atoms with Crippen LogP contribution in [0.1, 0.15) is 34.3 Å². The van der Waals surface area contributed by atoms with Crippen LogP contribution < -0.4 is 5.73 Å². The molecule has 0 saturated carbocycles. The molecule has 2 N–H and O–H groups in total. The Labute approximate surface area is 184 Å². The summed E-state index contributed by atoms with van der Waals surface area (Å²) in [6.45, 7) is 5.34. The van der Waals surface area contributed by atoms with Crippen molar-refractivity contribution in [3.8, 4) is 11.3 Å². The van der Waals surface area contributed by atoms with E-state index in [1.165, 1.54) is 11.1 Å². The molecule has 0 unspecified atom stereocenters. The Kier molecular flexibility index (Phi) is 4.78. The van der Waals surface area contributed by atoms with E-state index >= 15 is 0 Å². The first kappa shape index (κ1) is 19.8. The van der Waals surface area contributed by atoms with Crippen molar-refractivity contribution in [1.82, 2.24) is 14.3 Å². The molecule has 0 radical (unpaired) electrons. The molecule has 1 fully saturated rings. The van der Waals surface area contributed by atoms with Crippen LogP contribution in [0.2, 0.25) is 0 Å². The highest BCUT2D eigenvalue weighted by atomic mass is 32.1. The normalized spacial score (nSPS) is 15.1. The average Bonchev–Trinajstić information content (AvgIpc) is 3.30.